The molecule has 0 unspecified atom stereocenters. The van der Waals surface area contributed by atoms with Crippen LogP contribution in [0, 0.1) is 5.82 Å². The fourth-order valence-corrected chi connectivity index (χ4v) is 2.00. The van der Waals surface area contributed by atoms with Crippen LogP contribution in [0.4, 0.5) is 10.1 Å². The summed E-state index contributed by atoms with van der Waals surface area (Å²) < 4.78 is 23.8. The fraction of sp³-hybridized carbons (Fsp3) is 0.0556. The van der Waals surface area contributed by atoms with Crippen LogP contribution in [0.5, 0.6) is 17.5 Å². The smallest absolute Gasteiger partial charge is 0.322 e. The van der Waals surface area contributed by atoms with Crippen molar-refractivity contribution in [2.75, 3.05) is 12.4 Å². The van der Waals surface area contributed by atoms with Gasteiger partial charge in [0.05, 0.1) is 25.2 Å². The molecule has 0 saturated carbocycles. The van der Waals surface area contributed by atoms with Gasteiger partial charge in [0, 0.05) is 5.56 Å². The number of hydrogen-bond donors (Lipinski definition) is 1. The lowest BCUT2D eigenvalue weighted by Gasteiger charge is -2.07. The third-order valence-electron chi connectivity index (χ3n) is 3.28. The SMILES string of the molecule is COc1ccc(C(=O)Nc2cnc(Oc3ccccc3F)nc2)cc1. The highest BCUT2D eigenvalue weighted by atomic mass is 19.1. The van der Waals surface area contributed by atoms with Gasteiger partial charge in [0.15, 0.2) is 11.6 Å². The average molecular weight is 339 g/mol. The van der Waals surface area contributed by atoms with Gasteiger partial charge >= 0.3 is 6.01 Å². The van der Waals surface area contributed by atoms with E-state index >= 15 is 0 Å². The number of hydrogen-bond acceptors (Lipinski definition) is 5. The van der Waals surface area contributed by atoms with E-state index in [1.54, 1.807) is 43.5 Å². The Morgan fingerprint density at radius 3 is 2.36 bits per heavy atom. The molecular formula is C18H14FN3O3. The first-order chi connectivity index (χ1) is 12.2. The first-order valence-electron chi connectivity index (χ1n) is 7.35. The van der Waals surface area contributed by atoms with Gasteiger partial charge in [0.2, 0.25) is 0 Å². The Morgan fingerprint density at radius 1 is 1.04 bits per heavy atom. The van der Waals surface area contributed by atoms with Crippen LogP contribution < -0.4 is 14.8 Å². The zero-order valence-electron chi connectivity index (χ0n) is 13.3. The third kappa shape index (κ3) is 4.08. The van der Waals surface area contributed by atoms with Crippen molar-refractivity contribution in [2.24, 2.45) is 0 Å². The predicted molar refractivity (Wildman–Crippen MR) is 89.5 cm³/mol. The van der Waals surface area contributed by atoms with Crippen LogP contribution >= 0.6 is 0 Å². The summed E-state index contributed by atoms with van der Waals surface area (Å²) in [6, 6.07) is 12.6. The minimum absolute atomic E-state index is 0.0208. The van der Waals surface area contributed by atoms with E-state index in [1.165, 1.54) is 24.5 Å². The second-order valence-electron chi connectivity index (χ2n) is 4.97. The van der Waals surface area contributed by atoms with Gasteiger partial charge in [-0.2, -0.15) is 0 Å². The molecule has 0 aliphatic heterocycles. The second-order valence-corrected chi connectivity index (χ2v) is 4.97. The summed E-state index contributed by atoms with van der Waals surface area (Å²) in [7, 11) is 1.55. The molecule has 0 saturated heterocycles. The van der Waals surface area contributed by atoms with Gasteiger partial charge in [-0.3, -0.25) is 4.79 Å². The minimum Gasteiger partial charge on any atom is -0.497 e. The number of carbonyl (C=O) groups excluding carboxylic acids is 1. The Kier molecular flexibility index (Phi) is 4.84. The van der Waals surface area contributed by atoms with Crippen LogP contribution in [0.2, 0.25) is 0 Å². The number of halogens is 1. The maximum Gasteiger partial charge on any atom is 0.322 e. The molecule has 0 bridgehead atoms. The van der Waals surface area contributed by atoms with E-state index < -0.39 is 5.82 Å². The molecule has 2 aromatic carbocycles. The predicted octanol–water partition coefficient (Wildman–Crippen LogP) is 3.67. The zero-order valence-corrected chi connectivity index (χ0v) is 13.3. The molecule has 0 atom stereocenters. The molecule has 0 aliphatic rings. The number of aromatic nitrogens is 2. The van der Waals surface area contributed by atoms with Crippen molar-refractivity contribution in [2.45, 2.75) is 0 Å². The molecular weight excluding hydrogens is 325 g/mol. The van der Waals surface area contributed by atoms with Crippen LogP contribution in [0.1, 0.15) is 10.4 Å². The first kappa shape index (κ1) is 16.4. The van der Waals surface area contributed by atoms with Crippen molar-refractivity contribution in [3.63, 3.8) is 0 Å². The molecule has 0 spiro atoms. The molecule has 0 fully saturated rings. The number of nitrogens with one attached hydrogen (secondary N) is 1. The molecule has 1 heterocycles. The third-order valence-corrected chi connectivity index (χ3v) is 3.28. The fourth-order valence-electron chi connectivity index (χ4n) is 2.00. The van der Waals surface area contributed by atoms with Crippen LogP contribution in [0.25, 0.3) is 0 Å². The van der Waals surface area contributed by atoms with E-state index in [9.17, 15) is 9.18 Å². The second kappa shape index (κ2) is 7.39. The summed E-state index contributed by atoms with van der Waals surface area (Å²) in [6.45, 7) is 0. The summed E-state index contributed by atoms with van der Waals surface area (Å²) in [5.74, 6) is -0.135. The Bertz CT molecular complexity index is 867. The lowest BCUT2D eigenvalue weighted by molar-refractivity contribution is 0.102. The molecule has 1 amide bonds. The van der Waals surface area contributed by atoms with Crippen molar-refractivity contribution < 1.29 is 18.7 Å². The van der Waals surface area contributed by atoms with E-state index in [4.69, 9.17) is 9.47 Å². The molecule has 3 aromatic rings. The van der Waals surface area contributed by atoms with Gasteiger partial charge in [-0.1, -0.05) is 12.1 Å². The maximum absolute atomic E-state index is 13.5. The number of benzene rings is 2. The Balaban J connectivity index is 1.65. The van der Waals surface area contributed by atoms with E-state index in [0.29, 0.717) is 17.0 Å². The molecule has 3 rings (SSSR count). The van der Waals surface area contributed by atoms with E-state index in [1.807, 2.05) is 0 Å². The van der Waals surface area contributed by atoms with Gasteiger partial charge in [-0.25, -0.2) is 14.4 Å². The Labute approximate surface area is 143 Å². The van der Waals surface area contributed by atoms with Crippen molar-refractivity contribution in [3.05, 3.63) is 72.3 Å². The lowest BCUT2D eigenvalue weighted by atomic mass is 10.2. The van der Waals surface area contributed by atoms with Crippen LogP contribution in [-0.4, -0.2) is 23.0 Å². The number of para-hydroxylation sites is 1. The molecule has 126 valence electrons. The summed E-state index contributed by atoms with van der Waals surface area (Å²) in [4.78, 5) is 20.1. The van der Waals surface area contributed by atoms with Gasteiger partial charge in [0.25, 0.3) is 5.91 Å². The molecule has 1 N–H and O–H groups in total. The molecule has 1 aromatic heterocycles. The Morgan fingerprint density at radius 2 is 1.72 bits per heavy atom. The van der Waals surface area contributed by atoms with E-state index in [0.717, 1.165) is 0 Å². The number of anilines is 1. The quantitative estimate of drug-likeness (QED) is 0.768. The minimum atomic E-state index is -0.511. The molecule has 0 aliphatic carbocycles. The Hall–Kier alpha value is -3.48. The summed E-state index contributed by atoms with van der Waals surface area (Å²) in [5.41, 5.74) is 0.856. The zero-order chi connectivity index (χ0) is 17.6. The van der Waals surface area contributed by atoms with Gasteiger partial charge < -0.3 is 14.8 Å². The highest BCUT2D eigenvalue weighted by Crippen LogP contribution is 2.21. The van der Waals surface area contributed by atoms with Crippen LogP contribution in [0.15, 0.2) is 60.9 Å². The number of methoxy groups -OCH3 is 1. The molecule has 0 radical (unpaired) electrons. The van der Waals surface area contributed by atoms with Crippen LogP contribution in [-0.2, 0) is 0 Å². The number of nitrogens with zero attached hydrogens (tertiary/aromatic N) is 2. The summed E-state index contributed by atoms with van der Waals surface area (Å²) in [6.07, 6.45) is 2.76. The number of carbonyl (C=O) groups is 1. The van der Waals surface area contributed by atoms with Crippen molar-refractivity contribution in [3.8, 4) is 17.5 Å². The van der Waals surface area contributed by atoms with E-state index in [-0.39, 0.29) is 17.7 Å². The largest absolute Gasteiger partial charge is 0.497 e. The number of ether oxygens (including phenoxy) is 2. The standard InChI is InChI=1S/C18H14FN3O3/c1-24-14-8-6-12(7-9-14)17(23)22-13-10-20-18(21-11-13)25-16-5-3-2-4-15(16)19/h2-11H,1H3,(H,22,23). The highest BCUT2D eigenvalue weighted by molar-refractivity contribution is 6.04. The lowest BCUT2D eigenvalue weighted by Crippen LogP contribution is -2.12. The monoisotopic (exact) mass is 339 g/mol. The molecule has 25 heavy (non-hydrogen) atoms. The van der Waals surface area contributed by atoms with Gasteiger partial charge in [0.1, 0.15) is 5.75 Å². The number of rotatable bonds is 5. The van der Waals surface area contributed by atoms with E-state index in [2.05, 4.69) is 15.3 Å². The van der Waals surface area contributed by atoms with Crippen molar-refractivity contribution >= 4 is 11.6 Å². The normalized spacial score (nSPS) is 10.2. The average Bonchev–Trinajstić information content (AvgIpc) is 2.65. The summed E-state index contributed by atoms with van der Waals surface area (Å²) in [5, 5.41) is 2.66. The van der Waals surface area contributed by atoms with Crippen LogP contribution in [0.3, 0.4) is 0 Å². The maximum atomic E-state index is 13.5. The topological polar surface area (TPSA) is 73.3 Å². The van der Waals surface area contributed by atoms with Gasteiger partial charge in [-0.15, -0.1) is 0 Å². The molecule has 6 nitrogen and oxygen atoms in total. The summed E-state index contributed by atoms with van der Waals surface area (Å²) >= 11 is 0. The van der Waals surface area contributed by atoms with Crippen molar-refractivity contribution in [1.29, 1.82) is 0 Å². The first-order valence-corrected chi connectivity index (χ1v) is 7.35. The van der Waals surface area contributed by atoms with Crippen molar-refractivity contribution in [1.82, 2.24) is 9.97 Å². The molecule has 7 heteroatoms. The number of amides is 1. The highest BCUT2D eigenvalue weighted by Gasteiger charge is 2.09. The van der Waals surface area contributed by atoms with Gasteiger partial charge in [-0.05, 0) is 36.4 Å².